The quantitative estimate of drug-likeness (QED) is 0.0972. The molecular formula is C25H46KO8P. The van der Waals surface area contributed by atoms with Crippen LogP contribution >= 0.6 is 7.82 Å². The van der Waals surface area contributed by atoms with Crippen LogP contribution in [0.25, 0.3) is 0 Å². The number of aliphatic carboxylic acids is 1. The minimum atomic E-state index is -4.64. The number of unbranched alkanes of at least 4 members (excludes halogenated alkanes) is 11. The molecule has 0 spiro atoms. The number of ether oxygens (including phenoxy) is 2. The van der Waals surface area contributed by atoms with Crippen molar-refractivity contribution in [1.29, 1.82) is 0 Å². The predicted octanol–water partition coefficient (Wildman–Crippen LogP) is 5.82. The van der Waals surface area contributed by atoms with Gasteiger partial charge in [0.1, 0.15) is 0 Å². The molecule has 4 N–H and O–H groups in total. The minimum absolute atomic E-state index is 0. The number of carbonyl (C=O) groups is 1. The molecule has 0 amide bonds. The Morgan fingerprint density at radius 2 is 1.23 bits per heavy atom. The van der Waals surface area contributed by atoms with Crippen molar-refractivity contribution < 1.29 is 38.6 Å². The van der Waals surface area contributed by atoms with Gasteiger partial charge in [0.2, 0.25) is 0 Å². The molecule has 0 fully saturated rings. The molecular weight excluding hydrogens is 498 g/mol. The first-order valence-corrected chi connectivity index (χ1v) is 14.1. The second kappa shape index (κ2) is 24.4. The van der Waals surface area contributed by atoms with E-state index in [1.54, 1.807) is 6.07 Å². The van der Waals surface area contributed by atoms with Crippen LogP contribution in [-0.4, -0.2) is 89.9 Å². The van der Waals surface area contributed by atoms with E-state index in [0.717, 1.165) is 19.3 Å². The first-order chi connectivity index (χ1) is 16.2. The van der Waals surface area contributed by atoms with Crippen LogP contribution in [0.5, 0.6) is 11.5 Å². The third-order valence-corrected chi connectivity index (χ3v) is 5.18. The van der Waals surface area contributed by atoms with E-state index < -0.39 is 19.9 Å². The normalized spacial score (nSPS) is 11.6. The molecule has 0 saturated heterocycles. The van der Waals surface area contributed by atoms with Crippen molar-refractivity contribution in [2.45, 2.75) is 110 Å². The second-order valence-electron chi connectivity index (χ2n) is 8.43. The average Bonchev–Trinajstić information content (AvgIpc) is 2.77. The van der Waals surface area contributed by atoms with Gasteiger partial charge in [0.05, 0.1) is 6.61 Å². The van der Waals surface area contributed by atoms with Crippen molar-refractivity contribution in [1.82, 2.24) is 0 Å². The molecule has 0 saturated carbocycles. The van der Waals surface area contributed by atoms with Crippen molar-refractivity contribution in [2.75, 3.05) is 6.61 Å². The molecule has 0 aliphatic rings. The number of hydrogen-bond donors (Lipinski definition) is 4. The van der Waals surface area contributed by atoms with Crippen LogP contribution in [0.4, 0.5) is 0 Å². The maximum absolute atomic E-state index is 11.6. The van der Waals surface area contributed by atoms with Crippen LogP contribution in [0.2, 0.25) is 0 Å². The number of phosphoric acid groups is 1. The van der Waals surface area contributed by atoms with E-state index in [4.69, 9.17) is 28.7 Å². The van der Waals surface area contributed by atoms with Crippen LogP contribution in [0, 0.1) is 0 Å². The van der Waals surface area contributed by atoms with Gasteiger partial charge in [0.15, 0.2) is 17.6 Å². The third kappa shape index (κ3) is 25.5. The number of rotatable bonds is 19. The average molecular weight is 545 g/mol. The first-order valence-electron chi connectivity index (χ1n) is 12.6. The van der Waals surface area contributed by atoms with Crippen molar-refractivity contribution >= 4 is 65.2 Å². The van der Waals surface area contributed by atoms with Crippen LogP contribution in [-0.2, 0) is 9.36 Å². The van der Waals surface area contributed by atoms with Gasteiger partial charge in [-0.3, -0.25) is 0 Å². The fourth-order valence-corrected chi connectivity index (χ4v) is 3.44. The zero-order chi connectivity index (χ0) is 25.7. The SMILES string of the molecule is CCCCCCCCCCCCCCC(Oc1ccccc1OCCC)C(=O)O.O=P(O)(O)O.[KH]. The summed E-state index contributed by atoms with van der Waals surface area (Å²) < 4.78 is 20.3. The predicted molar refractivity (Wildman–Crippen MR) is 141 cm³/mol. The van der Waals surface area contributed by atoms with Crippen LogP contribution < -0.4 is 9.47 Å². The zero-order valence-electron chi connectivity index (χ0n) is 20.9. The molecule has 0 radical (unpaired) electrons. The van der Waals surface area contributed by atoms with Crippen LogP contribution in [0.3, 0.4) is 0 Å². The molecule has 35 heavy (non-hydrogen) atoms. The van der Waals surface area contributed by atoms with Gasteiger partial charge in [-0.15, -0.1) is 0 Å². The van der Waals surface area contributed by atoms with E-state index in [1.165, 1.54) is 64.2 Å². The molecule has 0 aliphatic heterocycles. The van der Waals surface area contributed by atoms with Gasteiger partial charge in [-0.1, -0.05) is 96.6 Å². The Kier molecular flexibility index (Phi) is 25.9. The molecule has 0 bridgehead atoms. The van der Waals surface area contributed by atoms with E-state index >= 15 is 0 Å². The molecule has 1 atom stereocenters. The molecule has 1 aromatic rings. The fraction of sp³-hybridized carbons (Fsp3) is 0.720. The monoisotopic (exact) mass is 544 g/mol. The zero-order valence-corrected chi connectivity index (χ0v) is 21.8. The maximum atomic E-state index is 11.6. The molecule has 0 aliphatic carbocycles. The Bertz CT molecular complexity index is 675. The molecule has 8 nitrogen and oxygen atoms in total. The van der Waals surface area contributed by atoms with E-state index in [2.05, 4.69) is 6.92 Å². The molecule has 200 valence electrons. The Balaban J connectivity index is 0. The Morgan fingerprint density at radius 3 is 1.66 bits per heavy atom. The summed E-state index contributed by atoms with van der Waals surface area (Å²) in [5.74, 6) is 0.237. The van der Waals surface area contributed by atoms with Crippen LogP contribution in [0.15, 0.2) is 24.3 Å². The first kappa shape index (κ1) is 37.2. The van der Waals surface area contributed by atoms with E-state index in [-0.39, 0.29) is 51.4 Å². The Labute approximate surface area is 253 Å². The number of benzene rings is 1. The van der Waals surface area contributed by atoms with E-state index in [0.29, 0.717) is 24.5 Å². The number of carboxylic acid groups (broad SMARTS) is 1. The standard InChI is InChI=1S/C25H42O4.K.H3O4P.H/c1-3-5-6-7-8-9-10-11-12-13-14-15-20-24(25(26)27)29-23-19-17-16-18-22(23)28-21-4-2;;1-5(2,3)4;/h16-19,24H,3-15,20-21H2,1-2H3,(H,26,27);;(H3,1,2,3,4);. The molecule has 1 unspecified atom stereocenters. The number of carboxylic acids is 1. The summed E-state index contributed by atoms with van der Waals surface area (Å²) in [6, 6.07) is 7.33. The molecule has 1 rings (SSSR count). The molecule has 0 heterocycles. The van der Waals surface area contributed by atoms with Crippen LogP contribution in [0.1, 0.15) is 104 Å². The fourth-order valence-electron chi connectivity index (χ4n) is 3.44. The Hall–Kier alpha value is 0.0364. The Morgan fingerprint density at radius 1 is 0.800 bits per heavy atom. The van der Waals surface area contributed by atoms with Gasteiger partial charge < -0.3 is 29.3 Å². The number of hydrogen-bond acceptors (Lipinski definition) is 4. The molecule has 0 aromatic heterocycles. The van der Waals surface area contributed by atoms with Gasteiger partial charge in [0.25, 0.3) is 0 Å². The van der Waals surface area contributed by atoms with E-state index in [1.807, 2.05) is 25.1 Å². The molecule has 1 aromatic carbocycles. The van der Waals surface area contributed by atoms with E-state index in [9.17, 15) is 9.90 Å². The topological polar surface area (TPSA) is 134 Å². The summed E-state index contributed by atoms with van der Waals surface area (Å²) in [6.07, 6.45) is 15.8. The van der Waals surface area contributed by atoms with Gasteiger partial charge >= 0.3 is 65.2 Å². The number of para-hydroxylation sites is 2. The van der Waals surface area contributed by atoms with Gasteiger partial charge in [-0.05, 0) is 31.4 Å². The van der Waals surface area contributed by atoms with Gasteiger partial charge in [-0.25, -0.2) is 9.36 Å². The van der Waals surface area contributed by atoms with Gasteiger partial charge in [0, 0.05) is 0 Å². The van der Waals surface area contributed by atoms with Crippen molar-refractivity contribution in [3.05, 3.63) is 24.3 Å². The summed E-state index contributed by atoms with van der Waals surface area (Å²) >= 11 is 0. The summed E-state index contributed by atoms with van der Waals surface area (Å²) in [5, 5.41) is 9.51. The van der Waals surface area contributed by atoms with Crippen molar-refractivity contribution in [2.24, 2.45) is 0 Å². The summed E-state index contributed by atoms with van der Waals surface area (Å²) in [5.41, 5.74) is 0. The summed E-state index contributed by atoms with van der Waals surface area (Å²) in [6.45, 7) is 4.89. The third-order valence-electron chi connectivity index (χ3n) is 5.18. The van der Waals surface area contributed by atoms with Gasteiger partial charge in [-0.2, -0.15) is 0 Å². The molecule has 10 heteroatoms. The summed E-state index contributed by atoms with van der Waals surface area (Å²) in [7, 11) is -4.64. The second-order valence-corrected chi connectivity index (χ2v) is 9.46. The summed E-state index contributed by atoms with van der Waals surface area (Å²) in [4.78, 5) is 33.2. The van der Waals surface area contributed by atoms with Crippen molar-refractivity contribution in [3.63, 3.8) is 0 Å². The van der Waals surface area contributed by atoms with Crippen molar-refractivity contribution in [3.8, 4) is 11.5 Å².